The number of carbonyl (C=O) groups is 2. The standard InChI is InChI=1S/C15H14N2O3/c16-15(20)11-4-2-5-12(9-11)17-14(19)8-10-3-1-6-13(18)7-10/h1-7,9,18H,8H2,(H2,16,20)(H,17,19). The van der Waals surface area contributed by atoms with E-state index in [2.05, 4.69) is 5.32 Å². The third-order valence-electron chi connectivity index (χ3n) is 2.71. The van der Waals surface area contributed by atoms with E-state index in [0.29, 0.717) is 16.8 Å². The van der Waals surface area contributed by atoms with Crippen molar-refractivity contribution >= 4 is 17.5 Å². The number of carbonyl (C=O) groups excluding carboxylic acids is 2. The van der Waals surface area contributed by atoms with Gasteiger partial charge in [0.15, 0.2) is 0 Å². The van der Waals surface area contributed by atoms with Gasteiger partial charge in [0.1, 0.15) is 5.75 Å². The number of rotatable bonds is 4. The summed E-state index contributed by atoms with van der Waals surface area (Å²) in [5.41, 5.74) is 6.72. The quantitative estimate of drug-likeness (QED) is 0.789. The number of phenolic OH excluding ortho intramolecular Hbond substituents is 1. The minimum absolute atomic E-state index is 0.117. The number of nitrogens with one attached hydrogen (secondary N) is 1. The fourth-order valence-corrected chi connectivity index (χ4v) is 1.81. The van der Waals surface area contributed by atoms with E-state index in [-0.39, 0.29) is 18.1 Å². The number of hydrogen-bond donors (Lipinski definition) is 3. The molecular weight excluding hydrogens is 256 g/mol. The van der Waals surface area contributed by atoms with Crippen LogP contribution in [-0.2, 0) is 11.2 Å². The topological polar surface area (TPSA) is 92.4 Å². The molecule has 5 heteroatoms. The largest absolute Gasteiger partial charge is 0.508 e. The number of aromatic hydroxyl groups is 1. The molecule has 0 aliphatic carbocycles. The maximum absolute atomic E-state index is 11.9. The molecule has 0 spiro atoms. The Kier molecular flexibility index (Phi) is 4.00. The zero-order chi connectivity index (χ0) is 14.5. The van der Waals surface area contributed by atoms with Gasteiger partial charge in [-0.1, -0.05) is 18.2 Å². The van der Waals surface area contributed by atoms with E-state index < -0.39 is 5.91 Å². The number of hydrogen-bond acceptors (Lipinski definition) is 3. The average Bonchev–Trinajstić information content (AvgIpc) is 2.38. The fraction of sp³-hybridized carbons (Fsp3) is 0.0667. The Morgan fingerprint density at radius 2 is 1.85 bits per heavy atom. The van der Waals surface area contributed by atoms with Gasteiger partial charge >= 0.3 is 0 Å². The molecule has 0 saturated carbocycles. The summed E-state index contributed by atoms with van der Waals surface area (Å²) in [4.78, 5) is 22.9. The van der Waals surface area contributed by atoms with Crippen LogP contribution in [-0.4, -0.2) is 16.9 Å². The fourth-order valence-electron chi connectivity index (χ4n) is 1.81. The van der Waals surface area contributed by atoms with Gasteiger partial charge in [0, 0.05) is 11.3 Å². The third kappa shape index (κ3) is 3.58. The van der Waals surface area contributed by atoms with Gasteiger partial charge in [-0.15, -0.1) is 0 Å². The summed E-state index contributed by atoms with van der Waals surface area (Å²) in [5.74, 6) is -0.669. The zero-order valence-electron chi connectivity index (χ0n) is 10.7. The van der Waals surface area contributed by atoms with E-state index in [1.807, 2.05) is 0 Å². The molecule has 2 aromatic carbocycles. The minimum Gasteiger partial charge on any atom is -0.508 e. The smallest absolute Gasteiger partial charge is 0.248 e. The Morgan fingerprint density at radius 3 is 2.55 bits per heavy atom. The lowest BCUT2D eigenvalue weighted by molar-refractivity contribution is -0.115. The second-order valence-corrected chi connectivity index (χ2v) is 4.34. The Hall–Kier alpha value is -2.82. The lowest BCUT2D eigenvalue weighted by atomic mass is 10.1. The minimum atomic E-state index is -0.547. The molecule has 5 nitrogen and oxygen atoms in total. The molecule has 2 rings (SSSR count). The summed E-state index contributed by atoms with van der Waals surface area (Å²) in [6, 6.07) is 12.9. The van der Waals surface area contributed by atoms with Crippen LogP contribution in [0.3, 0.4) is 0 Å². The summed E-state index contributed by atoms with van der Waals surface area (Å²) in [6.07, 6.45) is 0.134. The van der Waals surface area contributed by atoms with Gasteiger partial charge < -0.3 is 16.2 Å². The van der Waals surface area contributed by atoms with Crippen molar-refractivity contribution in [2.45, 2.75) is 6.42 Å². The van der Waals surface area contributed by atoms with Gasteiger partial charge in [-0.3, -0.25) is 9.59 Å². The van der Waals surface area contributed by atoms with Crippen LogP contribution < -0.4 is 11.1 Å². The van der Waals surface area contributed by atoms with Crippen LogP contribution in [0.2, 0.25) is 0 Å². The molecule has 0 aliphatic heterocycles. The first-order chi connectivity index (χ1) is 9.54. The van der Waals surface area contributed by atoms with Crippen molar-refractivity contribution in [1.82, 2.24) is 0 Å². The van der Waals surface area contributed by atoms with Crippen LogP contribution in [0.4, 0.5) is 5.69 Å². The first kappa shape index (κ1) is 13.6. The average molecular weight is 270 g/mol. The molecule has 0 aliphatic rings. The molecule has 0 radical (unpaired) electrons. The molecule has 2 aromatic rings. The molecule has 0 heterocycles. The highest BCUT2D eigenvalue weighted by molar-refractivity contribution is 5.96. The summed E-state index contributed by atoms with van der Waals surface area (Å²) in [6.45, 7) is 0. The number of nitrogens with two attached hydrogens (primary N) is 1. The molecular formula is C15H14N2O3. The second-order valence-electron chi connectivity index (χ2n) is 4.34. The maximum Gasteiger partial charge on any atom is 0.248 e. The number of amides is 2. The third-order valence-corrected chi connectivity index (χ3v) is 2.71. The number of primary amides is 1. The lowest BCUT2D eigenvalue weighted by Gasteiger charge is -2.06. The molecule has 4 N–H and O–H groups in total. The van der Waals surface area contributed by atoms with Crippen LogP contribution in [0.25, 0.3) is 0 Å². The summed E-state index contributed by atoms with van der Waals surface area (Å²) >= 11 is 0. The van der Waals surface area contributed by atoms with Gasteiger partial charge in [0.05, 0.1) is 6.42 Å². The maximum atomic E-state index is 11.9. The van der Waals surface area contributed by atoms with Gasteiger partial charge in [0.2, 0.25) is 11.8 Å². The highest BCUT2D eigenvalue weighted by Gasteiger charge is 2.06. The van der Waals surface area contributed by atoms with Gasteiger partial charge in [0.25, 0.3) is 0 Å². The second kappa shape index (κ2) is 5.88. The van der Waals surface area contributed by atoms with Crippen LogP contribution >= 0.6 is 0 Å². The van der Waals surface area contributed by atoms with Crippen molar-refractivity contribution in [3.8, 4) is 5.75 Å². The highest BCUT2D eigenvalue weighted by atomic mass is 16.3. The van der Waals surface area contributed by atoms with E-state index in [1.165, 1.54) is 18.2 Å². The predicted molar refractivity (Wildman–Crippen MR) is 75.4 cm³/mol. The molecule has 0 fully saturated rings. The van der Waals surface area contributed by atoms with Crippen molar-refractivity contribution in [1.29, 1.82) is 0 Å². The molecule has 0 atom stereocenters. The van der Waals surface area contributed by atoms with Crippen molar-refractivity contribution in [3.63, 3.8) is 0 Å². The van der Waals surface area contributed by atoms with E-state index in [1.54, 1.807) is 30.3 Å². The Morgan fingerprint density at radius 1 is 1.10 bits per heavy atom. The zero-order valence-corrected chi connectivity index (χ0v) is 10.7. The van der Waals surface area contributed by atoms with Crippen LogP contribution in [0.5, 0.6) is 5.75 Å². The van der Waals surface area contributed by atoms with E-state index in [9.17, 15) is 14.7 Å². The monoisotopic (exact) mass is 270 g/mol. The molecule has 0 saturated heterocycles. The Balaban J connectivity index is 2.04. The van der Waals surface area contributed by atoms with Crippen molar-refractivity contribution in [2.24, 2.45) is 5.73 Å². The SMILES string of the molecule is NC(=O)c1cccc(NC(=O)Cc2cccc(O)c2)c1. The molecule has 2 amide bonds. The van der Waals surface area contributed by atoms with Crippen molar-refractivity contribution < 1.29 is 14.7 Å². The molecule has 102 valence electrons. The van der Waals surface area contributed by atoms with Gasteiger partial charge in [-0.25, -0.2) is 0 Å². The predicted octanol–water partition coefficient (Wildman–Crippen LogP) is 1.67. The summed E-state index contributed by atoms with van der Waals surface area (Å²) in [7, 11) is 0. The van der Waals surface area contributed by atoms with Gasteiger partial charge in [-0.2, -0.15) is 0 Å². The highest BCUT2D eigenvalue weighted by Crippen LogP contribution is 2.13. The number of phenols is 1. The van der Waals surface area contributed by atoms with Crippen LogP contribution in [0.15, 0.2) is 48.5 Å². The first-order valence-electron chi connectivity index (χ1n) is 6.02. The molecule has 0 unspecified atom stereocenters. The molecule has 20 heavy (non-hydrogen) atoms. The number of benzene rings is 2. The molecule has 0 aromatic heterocycles. The van der Waals surface area contributed by atoms with Crippen molar-refractivity contribution in [3.05, 3.63) is 59.7 Å². The van der Waals surface area contributed by atoms with Crippen LogP contribution in [0.1, 0.15) is 15.9 Å². The van der Waals surface area contributed by atoms with E-state index >= 15 is 0 Å². The van der Waals surface area contributed by atoms with E-state index in [4.69, 9.17) is 5.73 Å². The Bertz CT molecular complexity index is 653. The van der Waals surface area contributed by atoms with Gasteiger partial charge in [-0.05, 0) is 35.9 Å². The van der Waals surface area contributed by atoms with Crippen molar-refractivity contribution in [2.75, 3.05) is 5.32 Å². The Labute approximate surface area is 116 Å². The first-order valence-corrected chi connectivity index (χ1v) is 6.02. The summed E-state index contributed by atoms with van der Waals surface area (Å²) < 4.78 is 0. The summed E-state index contributed by atoms with van der Waals surface area (Å²) in [5, 5.41) is 12.0. The van der Waals surface area contributed by atoms with Crippen LogP contribution in [0, 0.1) is 0 Å². The number of anilines is 1. The molecule has 0 bridgehead atoms. The normalized spacial score (nSPS) is 10.0. The lowest BCUT2D eigenvalue weighted by Crippen LogP contribution is -2.16. The van der Waals surface area contributed by atoms with E-state index in [0.717, 1.165) is 0 Å².